The molecule has 1 aliphatic rings. The van der Waals surface area contributed by atoms with Crippen LogP contribution in [0.5, 0.6) is 0 Å². The average Bonchev–Trinajstić information content (AvgIpc) is 3.18. The second kappa shape index (κ2) is 8.39. The van der Waals surface area contributed by atoms with Crippen molar-refractivity contribution in [3.63, 3.8) is 0 Å². The highest BCUT2D eigenvalue weighted by Gasteiger charge is 2.18. The molecular formula is C21H25N5O. The lowest BCUT2D eigenvalue weighted by Gasteiger charge is -2.20. The molecule has 0 spiro atoms. The summed E-state index contributed by atoms with van der Waals surface area (Å²) in [6, 6.07) is 7.71. The van der Waals surface area contributed by atoms with E-state index in [9.17, 15) is 0 Å². The lowest BCUT2D eigenvalue weighted by Crippen LogP contribution is -2.17. The minimum atomic E-state index is 0.546. The molecule has 0 atom stereocenters. The molecule has 0 N–H and O–H groups in total. The number of rotatable bonds is 6. The molecule has 1 aliphatic carbocycles. The number of aromatic nitrogens is 4. The van der Waals surface area contributed by atoms with Crippen molar-refractivity contribution in [3.05, 3.63) is 60.0 Å². The largest absolute Gasteiger partial charge is 0.359 e. The first-order valence-electron chi connectivity index (χ1n) is 9.64. The van der Waals surface area contributed by atoms with Crippen LogP contribution in [0.2, 0.25) is 0 Å². The second-order valence-electron chi connectivity index (χ2n) is 7.35. The van der Waals surface area contributed by atoms with E-state index < -0.39 is 0 Å². The third-order valence-corrected chi connectivity index (χ3v) is 5.06. The van der Waals surface area contributed by atoms with Gasteiger partial charge in [0, 0.05) is 42.7 Å². The van der Waals surface area contributed by atoms with Crippen LogP contribution in [-0.4, -0.2) is 32.1 Å². The first kappa shape index (κ1) is 17.8. The van der Waals surface area contributed by atoms with Crippen molar-refractivity contribution >= 4 is 0 Å². The normalized spacial score (nSPS) is 15.3. The first-order valence-corrected chi connectivity index (χ1v) is 9.64. The Morgan fingerprint density at radius 1 is 1.00 bits per heavy atom. The van der Waals surface area contributed by atoms with Crippen LogP contribution >= 0.6 is 0 Å². The standard InChI is InChI=1S/C21H25N5O/c1-26(15-18-11-20(25-27-18)19-9-5-6-10-22-19)14-16-12-23-21(24-13-16)17-7-3-2-4-8-17/h5-6,9-13,17H,2-4,7-8,14-15H2,1H3. The Morgan fingerprint density at radius 2 is 1.81 bits per heavy atom. The summed E-state index contributed by atoms with van der Waals surface area (Å²) in [6.45, 7) is 1.44. The van der Waals surface area contributed by atoms with Crippen LogP contribution in [0, 0.1) is 0 Å². The van der Waals surface area contributed by atoms with E-state index in [1.54, 1.807) is 6.20 Å². The molecule has 3 aromatic heterocycles. The van der Waals surface area contributed by atoms with Crippen LogP contribution < -0.4 is 0 Å². The maximum atomic E-state index is 5.46. The highest BCUT2D eigenvalue weighted by molar-refractivity contribution is 5.52. The summed E-state index contributed by atoms with van der Waals surface area (Å²) in [5.74, 6) is 2.37. The minimum absolute atomic E-state index is 0.546. The third-order valence-electron chi connectivity index (χ3n) is 5.06. The summed E-state index contributed by atoms with van der Waals surface area (Å²) >= 11 is 0. The molecular weight excluding hydrogens is 338 g/mol. The van der Waals surface area contributed by atoms with E-state index in [2.05, 4.69) is 32.1 Å². The number of hydrogen-bond donors (Lipinski definition) is 0. The van der Waals surface area contributed by atoms with E-state index in [1.807, 2.05) is 36.7 Å². The lowest BCUT2D eigenvalue weighted by atomic mass is 9.89. The maximum Gasteiger partial charge on any atom is 0.151 e. The SMILES string of the molecule is CN(Cc1cnc(C2CCCCC2)nc1)Cc1cc(-c2ccccn2)no1. The van der Waals surface area contributed by atoms with Crippen LogP contribution in [0.25, 0.3) is 11.4 Å². The van der Waals surface area contributed by atoms with Crippen LogP contribution in [0.3, 0.4) is 0 Å². The van der Waals surface area contributed by atoms with Crippen LogP contribution in [0.1, 0.15) is 55.2 Å². The molecule has 0 unspecified atom stereocenters. The van der Waals surface area contributed by atoms with Gasteiger partial charge in [-0.15, -0.1) is 0 Å². The molecule has 6 nitrogen and oxygen atoms in total. The molecule has 0 amide bonds. The Balaban J connectivity index is 1.34. The molecule has 1 fully saturated rings. The van der Waals surface area contributed by atoms with Crippen molar-refractivity contribution in [2.75, 3.05) is 7.05 Å². The van der Waals surface area contributed by atoms with Crippen molar-refractivity contribution in [3.8, 4) is 11.4 Å². The zero-order chi connectivity index (χ0) is 18.5. The highest BCUT2D eigenvalue weighted by atomic mass is 16.5. The van der Waals surface area contributed by atoms with E-state index in [1.165, 1.54) is 32.1 Å². The second-order valence-corrected chi connectivity index (χ2v) is 7.35. The molecule has 27 heavy (non-hydrogen) atoms. The van der Waals surface area contributed by atoms with Gasteiger partial charge in [-0.05, 0) is 32.0 Å². The monoisotopic (exact) mass is 363 g/mol. The van der Waals surface area contributed by atoms with Gasteiger partial charge in [0.2, 0.25) is 0 Å². The lowest BCUT2D eigenvalue weighted by molar-refractivity contribution is 0.266. The van der Waals surface area contributed by atoms with Crippen molar-refractivity contribution < 1.29 is 4.52 Å². The predicted octanol–water partition coefficient (Wildman–Crippen LogP) is 4.21. The highest BCUT2D eigenvalue weighted by Crippen LogP contribution is 2.30. The summed E-state index contributed by atoms with van der Waals surface area (Å²) in [5, 5.41) is 4.12. The molecule has 0 saturated heterocycles. The smallest absolute Gasteiger partial charge is 0.151 e. The molecule has 0 aliphatic heterocycles. The minimum Gasteiger partial charge on any atom is -0.359 e. The molecule has 1 saturated carbocycles. The Labute approximate surface area is 159 Å². The maximum absolute atomic E-state index is 5.46. The summed E-state index contributed by atoms with van der Waals surface area (Å²) in [7, 11) is 2.05. The van der Waals surface area contributed by atoms with E-state index in [0.29, 0.717) is 12.5 Å². The van der Waals surface area contributed by atoms with Gasteiger partial charge in [-0.2, -0.15) is 0 Å². The quantitative estimate of drug-likeness (QED) is 0.654. The van der Waals surface area contributed by atoms with E-state index >= 15 is 0 Å². The fourth-order valence-corrected chi connectivity index (χ4v) is 3.67. The van der Waals surface area contributed by atoms with Gasteiger partial charge in [0.25, 0.3) is 0 Å². The summed E-state index contributed by atoms with van der Waals surface area (Å²) in [6.07, 6.45) is 12.1. The van der Waals surface area contributed by atoms with Crippen molar-refractivity contribution in [2.45, 2.75) is 51.1 Å². The van der Waals surface area contributed by atoms with Crippen LogP contribution in [0.15, 0.2) is 47.4 Å². The van der Waals surface area contributed by atoms with E-state index in [4.69, 9.17) is 4.52 Å². The first-order chi connectivity index (χ1) is 13.3. The van der Waals surface area contributed by atoms with Crippen LogP contribution in [0.4, 0.5) is 0 Å². The fourth-order valence-electron chi connectivity index (χ4n) is 3.67. The Morgan fingerprint density at radius 3 is 2.56 bits per heavy atom. The van der Waals surface area contributed by atoms with Gasteiger partial charge in [-0.1, -0.05) is 30.5 Å². The van der Waals surface area contributed by atoms with Crippen LogP contribution in [-0.2, 0) is 13.1 Å². The van der Waals surface area contributed by atoms with Gasteiger partial charge < -0.3 is 4.52 Å². The molecule has 0 radical (unpaired) electrons. The molecule has 140 valence electrons. The Hall–Kier alpha value is -2.60. The Kier molecular flexibility index (Phi) is 5.53. The van der Waals surface area contributed by atoms with Gasteiger partial charge in [0.1, 0.15) is 11.5 Å². The number of pyridine rings is 1. The number of nitrogens with zero attached hydrogens (tertiary/aromatic N) is 5. The van der Waals surface area contributed by atoms with E-state index in [-0.39, 0.29) is 0 Å². The van der Waals surface area contributed by atoms with Gasteiger partial charge in [0.15, 0.2) is 5.76 Å². The molecule has 6 heteroatoms. The summed E-state index contributed by atoms with van der Waals surface area (Å²) in [5.41, 5.74) is 2.70. The predicted molar refractivity (Wildman–Crippen MR) is 103 cm³/mol. The molecule has 3 aromatic rings. The molecule has 0 bridgehead atoms. The summed E-state index contributed by atoms with van der Waals surface area (Å²) in [4.78, 5) is 15.7. The molecule has 3 heterocycles. The topological polar surface area (TPSA) is 67.9 Å². The molecule has 4 rings (SSSR count). The molecule has 0 aromatic carbocycles. The number of hydrogen-bond acceptors (Lipinski definition) is 6. The van der Waals surface area contributed by atoms with E-state index in [0.717, 1.165) is 35.1 Å². The summed E-state index contributed by atoms with van der Waals surface area (Å²) < 4.78 is 5.46. The zero-order valence-electron chi connectivity index (χ0n) is 15.7. The van der Waals surface area contributed by atoms with Gasteiger partial charge in [-0.25, -0.2) is 9.97 Å². The van der Waals surface area contributed by atoms with Gasteiger partial charge >= 0.3 is 0 Å². The Bertz CT molecular complexity index is 841. The fraction of sp³-hybridized carbons (Fsp3) is 0.429. The third kappa shape index (κ3) is 4.57. The van der Waals surface area contributed by atoms with Crippen molar-refractivity contribution in [1.29, 1.82) is 0 Å². The average molecular weight is 363 g/mol. The van der Waals surface area contributed by atoms with Crippen molar-refractivity contribution in [2.24, 2.45) is 0 Å². The zero-order valence-corrected chi connectivity index (χ0v) is 15.7. The van der Waals surface area contributed by atoms with Gasteiger partial charge in [-0.3, -0.25) is 9.88 Å². The van der Waals surface area contributed by atoms with Crippen molar-refractivity contribution in [1.82, 2.24) is 25.0 Å². The van der Waals surface area contributed by atoms with Gasteiger partial charge in [0.05, 0.1) is 12.2 Å².